The van der Waals surface area contributed by atoms with Crippen LogP contribution in [0.3, 0.4) is 0 Å². The van der Waals surface area contributed by atoms with Crippen LogP contribution in [0.25, 0.3) is 0 Å². The Morgan fingerprint density at radius 2 is 1.67 bits per heavy atom. The first kappa shape index (κ1) is 15.4. The van der Waals surface area contributed by atoms with Crippen molar-refractivity contribution in [1.29, 1.82) is 0 Å². The van der Waals surface area contributed by atoms with E-state index in [4.69, 9.17) is 14.2 Å². The molecule has 0 aliphatic carbocycles. The third kappa shape index (κ3) is 3.75. The molecule has 0 bridgehead atoms. The van der Waals surface area contributed by atoms with E-state index in [0.29, 0.717) is 18.3 Å². The number of nitrogens with zero attached hydrogens (tertiary/aromatic N) is 2. The summed E-state index contributed by atoms with van der Waals surface area (Å²) in [5.41, 5.74) is 1.65. The van der Waals surface area contributed by atoms with Crippen LogP contribution in [-0.4, -0.2) is 31.3 Å². The quantitative estimate of drug-likeness (QED) is 0.861. The van der Waals surface area contributed by atoms with Gasteiger partial charge in [0.05, 0.1) is 33.4 Å². The summed E-state index contributed by atoms with van der Waals surface area (Å²) in [4.78, 5) is 8.16. The number of hydrogen-bond acceptors (Lipinski definition) is 6. The fourth-order valence-corrected chi connectivity index (χ4v) is 2.33. The van der Waals surface area contributed by atoms with E-state index < -0.39 is 0 Å². The van der Waals surface area contributed by atoms with Gasteiger partial charge in [0.2, 0.25) is 11.8 Å². The van der Waals surface area contributed by atoms with Gasteiger partial charge in [-0.3, -0.25) is 0 Å². The molecule has 0 fully saturated rings. The van der Waals surface area contributed by atoms with Gasteiger partial charge in [0.15, 0.2) is 0 Å². The highest BCUT2D eigenvalue weighted by atomic mass is 79.9. The lowest BCUT2D eigenvalue weighted by Crippen LogP contribution is -2.06. The standard InChI is InChI=1S/C14H16BrN3O3/c1-19-11-5-9(15)4-10(6-11)16-7-12-13(20-2)17-8-18-14(12)21-3/h4-6,8,16H,7H2,1-3H3. The Kier molecular flexibility index (Phi) is 5.21. The van der Waals surface area contributed by atoms with Gasteiger partial charge in [-0.05, 0) is 12.1 Å². The second-order valence-electron chi connectivity index (χ2n) is 4.10. The lowest BCUT2D eigenvalue weighted by Gasteiger charge is -2.13. The normalized spacial score (nSPS) is 10.1. The molecule has 0 aliphatic rings. The van der Waals surface area contributed by atoms with Gasteiger partial charge in [0, 0.05) is 16.2 Å². The predicted molar refractivity (Wildman–Crippen MR) is 83.2 cm³/mol. The highest BCUT2D eigenvalue weighted by Crippen LogP contribution is 2.27. The first-order chi connectivity index (χ1) is 10.2. The molecule has 1 heterocycles. The molecule has 0 atom stereocenters. The molecule has 112 valence electrons. The average molecular weight is 354 g/mol. The number of benzene rings is 1. The summed E-state index contributed by atoms with van der Waals surface area (Å²) in [5, 5.41) is 3.28. The van der Waals surface area contributed by atoms with Crippen molar-refractivity contribution in [2.75, 3.05) is 26.6 Å². The molecule has 1 aromatic heterocycles. The first-order valence-corrected chi connectivity index (χ1v) is 6.97. The Labute approximate surface area is 131 Å². The zero-order valence-electron chi connectivity index (χ0n) is 12.0. The van der Waals surface area contributed by atoms with Crippen molar-refractivity contribution in [2.24, 2.45) is 0 Å². The number of halogens is 1. The molecule has 6 nitrogen and oxygen atoms in total. The summed E-state index contributed by atoms with van der Waals surface area (Å²) >= 11 is 3.44. The van der Waals surface area contributed by atoms with E-state index in [9.17, 15) is 0 Å². The fourth-order valence-electron chi connectivity index (χ4n) is 1.86. The third-order valence-corrected chi connectivity index (χ3v) is 3.29. The first-order valence-electron chi connectivity index (χ1n) is 6.18. The van der Waals surface area contributed by atoms with Crippen molar-refractivity contribution < 1.29 is 14.2 Å². The van der Waals surface area contributed by atoms with E-state index >= 15 is 0 Å². The molecule has 2 aromatic rings. The van der Waals surface area contributed by atoms with Gasteiger partial charge in [-0.2, -0.15) is 0 Å². The molecule has 0 aliphatic heterocycles. The Morgan fingerprint density at radius 1 is 1.00 bits per heavy atom. The van der Waals surface area contributed by atoms with Gasteiger partial charge in [-0.15, -0.1) is 0 Å². The molecule has 0 saturated carbocycles. The molecular formula is C14H16BrN3O3. The summed E-state index contributed by atoms with van der Waals surface area (Å²) in [5.74, 6) is 1.72. The minimum absolute atomic E-state index is 0.465. The predicted octanol–water partition coefficient (Wildman–Crippen LogP) is 2.88. The van der Waals surface area contributed by atoms with E-state index in [1.54, 1.807) is 21.3 Å². The Bertz CT molecular complexity index is 600. The maximum Gasteiger partial charge on any atom is 0.225 e. The highest BCUT2D eigenvalue weighted by molar-refractivity contribution is 9.10. The van der Waals surface area contributed by atoms with Crippen LogP contribution in [-0.2, 0) is 6.54 Å². The topological polar surface area (TPSA) is 65.5 Å². The summed E-state index contributed by atoms with van der Waals surface area (Å²) in [6, 6.07) is 5.73. The van der Waals surface area contributed by atoms with Crippen molar-refractivity contribution in [3.8, 4) is 17.5 Å². The van der Waals surface area contributed by atoms with Crippen molar-refractivity contribution in [2.45, 2.75) is 6.54 Å². The Morgan fingerprint density at radius 3 is 2.24 bits per heavy atom. The maximum atomic E-state index is 5.24. The van der Waals surface area contributed by atoms with Gasteiger partial charge in [0.25, 0.3) is 0 Å². The van der Waals surface area contributed by atoms with Crippen LogP contribution in [0, 0.1) is 0 Å². The summed E-state index contributed by atoms with van der Waals surface area (Å²) in [6.45, 7) is 0.465. The molecule has 2 rings (SSSR count). The second kappa shape index (κ2) is 7.12. The second-order valence-corrected chi connectivity index (χ2v) is 5.02. The van der Waals surface area contributed by atoms with E-state index in [0.717, 1.165) is 21.5 Å². The van der Waals surface area contributed by atoms with Crippen LogP contribution >= 0.6 is 15.9 Å². The van der Waals surface area contributed by atoms with Gasteiger partial charge in [-0.25, -0.2) is 9.97 Å². The molecule has 0 unspecified atom stereocenters. The SMILES string of the molecule is COc1cc(Br)cc(NCc2c(OC)ncnc2OC)c1. The number of methoxy groups -OCH3 is 3. The monoisotopic (exact) mass is 353 g/mol. The van der Waals surface area contributed by atoms with Crippen LogP contribution in [0.5, 0.6) is 17.5 Å². The van der Waals surface area contributed by atoms with Crippen LogP contribution in [0.15, 0.2) is 29.0 Å². The van der Waals surface area contributed by atoms with Crippen LogP contribution in [0.1, 0.15) is 5.56 Å². The molecule has 1 aromatic carbocycles. The largest absolute Gasteiger partial charge is 0.497 e. The van der Waals surface area contributed by atoms with E-state index in [2.05, 4.69) is 31.2 Å². The molecule has 1 N–H and O–H groups in total. The number of nitrogens with one attached hydrogen (secondary N) is 1. The summed E-state index contributed by atoms with van der Waals surface area (Å²) < 4.78 is 16.6. The lowest BCUT2D eigenvalue weighted by molar-refractivity contribution is 0.363. The average Bonchev–Trinajstić information content (AvgIpc) is 2.51. The number of aromatic nitrogens is 2. The van der Waals surface area contributed by atoms with Crippen LogP contribution in [0.4, 0.5) is 5.69 Å². The van der Waals surface area contributed by atoms with Gasteiger partial charge in [-0.1, -0.05) is 15.9 Å². The Hall–Kier alpha value is -2.02. The van der Waals surface area contributed by atoms with E-state index in [1.165, 1.54) is 6.33 Å². The minimum Gasteiger partial charge on any atom is -0.497 e. The van der Waals surface area contributed by atoms with Gasteiger partial charge < -0.3 is 19.5 Å². The van der Waals surface area contributed by atoms with Gasteiger partial charge in [0.1, 0.15) is 12.1 Å². The molecular weight excluding hydrogens is 338 g/mol. The number of rotatable bonds is 6. The van der Waals surface area contributed by atoms with Crippen molar-refractivity contribution in [1.82, 2.24) is 9.97 Å². The zero-order valence-corrected chi connectivity index (χ0v) is 13.6. The van der Waals surface area contributed by atoms with E-state index in [1.807, 2.05) is 18.2 Å². The smallest absolute Gasteiger partial charge is 0.225 e. The molecule has 0 spiro atoms. The van der Waals surface area contributed by atoms with Crippen molar-refractivity contribution in [3.05, 3.63) is 34.6 Å². The fraction of sp³-hybridized carbons (Fsp3) is 0.286. The Balaban J connectivity index is 2.22. The molecule has 21 heavy (non-hydrogen) atoms. The zero-order chi connectivity index (χ0) is 15.2. The third-order valence-electron chi connectivity index (χ3n) is 2.83. The van der Waals surface area contributed by atoms with Crippen molar-refractivity contribution >= 4 is 21.6 Å². The van der Waals surface area contributed by atoms with Crippen LogP contribution < -0.4 is 19.5 Å². The van der Waals surface area contributed by atoms with Crippen molar-refractivity contribution in [3.63, 3.8) is 0 Å². The number of ether oxygens (including phenoxy) is 3. The number of hydrogen-bond donors (Lipinski definition) is 1. The molecule has 0 radical (unpaired) electrons. The minimum atomic E-state index is 0.465. The van der Waals surface area contributed by atoms with Crippen LogP contribution in [0.2, 0.25) is 0 Å². The maximum absolute atomic E-state index is 5.24. The highest BCUT2D eigenvalue weighted by Gasteiger charge is 2.12. The van der Waals surface area contributed by atoms with E-state index in [-0.39, 0.29) is 0 Å². The van der Waals surface area contributed by atoms with Gasteiger partial charge >= 0.3 is 0 Å². The summed E-state index contributed by atoms with van der Waals surface area (Å²) in [7, 11) is 4.75. The molecule has 7 heteroatoms. The molecule has 0 amide bonds. The number of anilines is 1. The lowest BCUT2D eigenvalue weighted by atomic mass is 10.2. The summed E-state index contributed by atoms with van der Waals surface area (Å²) in [6.07, 6.45) is 1.41. The molecule has 0 saturated heterocycles.